The molecule has 7 nitrogen and oxygen atoms in total. The Morgan fingerprint density at radius 2 is 1.71 bits per heavy atom. The van der Waals surface area contributed by atoms with Crippen LogP contribution in [0.3, 0.4) is 0 Å². The maximum Gasteiger partial charge on any atom is 0.319 e. The minimum Gasteiger partial charge on any atom is -0.494 e. The van der Waals surface area contributed by atoms with Crippen molar-refractivity contribution in [1.29, 1.82) is 0 Å². The molecule has 146 valence electrons. The Bertz CT molecular complexity index is 854. The van der Waals surface area contributed by atoms with Crippen LogP contribution in [-0.4, -0.2) is 31.7 Å². The molecule has 0 aliphatic rings. The largest absolute Gasteiger partial charge is 0.494 e. The highest BCUT2D eigenvalue weighted by molar-refractivity contribution is 5.89. The van der Waals surface area contributed by atoms with Crippen LogP contribution in [0.1, 0.15) is 13.8 Å². The summed E-state index contributed by atoms with van der Waals surface area (Å²) in [5.74, 6) is 6.83. The van der Waals surface area contributed by atoms with Gasteiger partial charge in [-0.2, -0.15) is 0 Å². The number of benzene rings is 2. The molecule has 2 aromatic carbocycles. The van der Waals surface area contributed by atoms with Crippen LogP contribution in [0.5, 0.6) is 11.5 Å². The summed E-state index contributed by atoms with van der Waals surface area (Å²) < 4.78 is 10.8. The van der Waals surface area contributed by atoms with Crippen molar-refractivity contribution in [1.82, 2.24) is 5.32 Å². The zero-order valence-corrected chi connectivity index (χ0v) is 15.9. The number of hydrogen-bond donors (Lipinski definition) is 3. The summed E-state index contributed by atoms with van der Waals surface area (Å²) in [6, 6.07) is 13.8. The van der Waals surface area contributed by atoms with E-state index in [1.54, 1.807) is 48.5 Å². The summed E-state index contributed by atoms with van der Waals surface area (Å²) in [5, 5.41) is 8.03. The van der Waals surface area contributed by atoms with Gasteiger partial charge in [-0.3, -0.25) is 4.79 Å². The van der Waals surface area contributed by atoms with Gasteiger partial charge in [-0.05, 0) is 43.3 Å². The van der Waals surface area contributed by atoms with Gasteiger partial charge in [-0.15, -0.1) is 0 Å². The molecule has 2 rings (SSSR count). The molecule has 0 aliphatic heterocycles. The van der Waals surface area contributed by atoms with Crippen LogP contribution < -0.4 is 25.4 Å². The van der Waals surface area contributed by atoms with Crippen molar-refractivity contribution in [2.45, 2.75) is 13.8 Å². The van der Waals surface area contributed by atoms with E-state index >= 15 is 0 Å². The van der Waals surface area contributed by atoms with Gasteiger partial charge < -0.3 is 25.4 Å². The fraction of sp³-hybridized carbons (Fsp3) is 0.238. The predicted octanol–water partition coefficient (Wildman–Crippen LogP) is 3.25. The van der Waals surface area contributed by atoms with E-state index in [1.165, 1.54) is 6.92 Å². The molecule has 0 bridgehead atoms. The molecule has 0 saturated heterocycles. The van der Waals surface area contributed by atoms with Crippen LogP contribution in [0.25, 0.3) is 0 Å². The van der Waals surface area contributed by atoms with E-state index in [4.69, 9.17) is 9.47 Å². The molecule has 3 N–H and O–H groups in total. The number of hydrogen-bond acceptors (Lipinski definition) is 4. The first-order valence-electron chi connectivity index (χ1n) is 8.80. The molecule has 0 heterocycles. The van der Waals surface area contributed by atoms with Gasteiger partial charge in [0.25, 0.3) is 0 Å². The van der Waals surface area contributed by atoms with E-state index in [1.807, 2.05) is 6.92 Å². The smallest absolute Gasteiger partial charge is 0.319 e. The maximum atomic E-state index is 11.8. The van der Waals surface area contributed by atoms with Gasteiger partial charge in [0.15, 0.2) is 0 Å². The average Bonchev–Trinajstić information content (AvgIpc) is 2.66. The van der Waals surface area contributed by atoms with Crippen molar-refractivity contribution in [2.24, 2.45) is 0 Å². The van der Waals surface area contributed by atoms with E-state index in [0.29, 0.717) is 23.7 Å². The van der Waals surface area contributed by atoms with Crippen molar-refractivity contribution in [3.05, 3.63) is 48.5 Å². The number of ether oxygens (including phenoxy) is 2. The van der Waals surface area contributed by atoms with Gasteiger partial charge in [-0.25, -0.2) is 4.79 Å². The monoisotopic (exact) mass is 381 g/mol. The molecule has 0 radical (unpaired) electrons. The van der Waals surface area contributed by atoms with Gasteiger partial charge in [-0.1, -0.05) is 17.9 Å². The van der Waals surface area contributed by atoms with Gasteiger partial charge in [0.1, 0.15) is 18.1 Å². The molecule has 0 aromatic heterocycles. The number of urea groups is 1. The summed E-state index contributed by atoms with van der Waals surface area (Å²) in [6.45, 7) is 4.31. The number of nitrogens with one attached hydrogen (secondary N) is 3. The third-order valence-corrected chi connectivity index (χ3v) is 3.35. The molecule has 3 amide bonds. The Labute approximate surface area is 164 Å². The minimum atomic E-state index is -0.345. The summed E-state index contributed by atoms with van der Waals surface area (Å²) in [4.78, 5) is 22.9. The van der Waals surface area contributed by atoms with Crippen LogP contribution in [0.15, 0.2) is 48.5 Å². The van der Waals surface area contributed by atoms with E-state index in [2.05, 4.69) is 27.8 Å². The predicted molar refractivity (Wildman–Crippen MR) is 109 cm³/mol. The normalized spacial score (nSPS) is 9.50. The van der Waals surface area contributed by atoms with Gasteiger partial charge in [0, 0.05) is 24.4 Å². The van der Waals surface area contributed by atoms with Crippen LogP contribution in [0, 0.1) is 11.8 Å². The van der Waals surface area contributed by atoms with Crippen molar-refractivity contribution in [3.8, 4) is 23.3 Å². The Hall–Kier alpha value is -3.66. The van der Waals surface area contributed by atoms with Crippen molar-refractivity contribution in [2.75, 3.05) is 30.4 Å². The van der Waals surface area contributed by atoms with Gasteiger partial charge >= 0.3 is 6.03 Å². The Morgan fingerprint density at radius 3 is 2.43 bits per heavy atom. The first kappa shape index (κ1) is 20.6. The Balaban J connectivity index is 1.69. The molecule has 0 fully saturated rings. The third kappa shape index (κ3) is 7.70. The Morgan fingerprint density at radius 1 is 0.929 bits per heavy atom. The molecular formula is C21H23N3O4. The van der Waals surface area contributed by atoms with E-state index in [0.717, 1.165) is 5.75 Å². The second-order valence-electron chi connectivity index (χ2n) is 5.62. The molecule has 0 saturated carbocycles. The van der Waals surface area contributed by atoms with Crippen LogP contribution >= 0.6 is 0 Å². The highest BCUT2D eigenvalue weighted by atomic mass is 16.5. The molecule has 2 aromatic rings. The van der Waals surface area contributed by atoms with Crippen molar-refractivity contribution in [3.63, 3.8) is 0 Å². The maximum absolute atomic E-state index is 11.8. The SMILES string of the molecule is CCOc1ccc(NC(=O)NCC#CCOc2cccc(NC(C)=O)c2)cc1. The van der Waals surface area contributed by atoms with Crippen LogP contribution in [0.4, 0.5) is 16.2 Å². The number of carbonyl (C=O) groups is 2. The van der Waals surface area contributed by atoms with Crippen LogP contribution in [-0.2, 0) is 4.79 Å². The standard InChI is InChI=1S/C21H23N3O4/c1-3-27-19-11-9-17(10-12-19)24-21(26)22-13-4-5-14-28-20-8-6-7-18(15-20)23-16(2)25/h6-12,15H,3,13-14H2,1-2H3,(H,23,25)(H2,22,24,26). The van der Waals surface area contributed by atoms with Crippen molar-refractivity contribution >= 4 is 23.3 Å². The number of rotatable bonds is 7. The Kier molecular flexibility index (Phi) is 8.21. The summed E-state index contributed by atoms with van der Waals surface area (Å²) in [5.41, 5.74) is 1.32. The quantitative estimate of drug-likeness (QED) is 0.643. The lowest BCUT2D eigenvalue weighted by atomic mass is 10.3. The molecule has 0 atom stereocenters. The first-order chi connectivity index (χ1) is 13.6. The fourth-order valence-corrected chi connectivity index (χ4v) is 2.20. The second-order valence-corrected chi connectivity index (χ2v) is 5.62. The van der Waals surface area contributed by atoms with Gasteiger partial charge in [0.05, 0.1) is 13.2 Å². The number of amides is 3. The number of anilines is 2. The molecular weight excluding hydrogens is 358 g/mol. The topological polar surface area (TPSA) is 88.7 Å². The van der Waals surface area contributed by atoms with Crippen LogP contribution in [0.2, 0.25) is 0 Å². The average molecular weight is 381 g/mol. The lowest BCUT2D eigenvalue weighted by molar-refractivity contribution is -0.114. The van der Waals surface area contributed by atoms with Crippen molar-refractivity contribution < 1.29 is 19.1 Å². The van der Waals surface area contributed by atoms with E-state index in [9.17, 15) is 9.59 Å². The molecule has 7 heteroatoms. The van der Waals surface area contributed by atoms with E-state index in [-0.39, 0.29) is 25.1 Å². The number of carbonyl (C=O) groups excluding carboxylic acids is 2. The third-order valence-electron chi connectivity index (χ3n) is 3.35. The summed E-state index contributed by atoms with van der Waals surface area (Å²) in [6.07, 6.45) is 0. The van der Waals surface area contributed by atoms with E-state index < -0.39 is 0 Å². The molecule has 0 unspecified atom stereocenters. The summed E-state index contributed by atoms with van der Waals surface area (Å²) >= 11 is 0. The highest BCUT2D eigenvalue weighted by Gasteiger charge is 2.00. The molecule has 28 heavy (non-hydrogen) atoms. The highest BCUT2D eigenvalue weighted by Crippen LogP contribution is 2.17. The van der Waals surface area contributed by atoms with Gasteiger partial charge in [0.2, 0.25) is 5.91 Å². The minimum absolute atomic E-state index is 0.147. The molecule has 0 aliphatic carbocycles. The first-order valence-corrected chi connectivity index (χ1v) is 8.80. The second kappa shape index (κ2) is 11.1. The molecule has 0 spiro atoms. The fourth-order valence-electron chi connectivity index (χ4n) is 2.20. The zero-order chi connectivity index (χ0) is 20.2. The zero-order valence-electron chi connectivity index (χ0n) is 15.9. The lowest BCUT2D eigenvalue weighted by Crippen LogP contribution is -2.28. The lowest BCUT2D eigenvalue weighted by Gasteiger charge is -2.07. The summed E-state index contributed by atoms with van der Waals surface area (Å²) in [7, 11) is 0.